The SMILES string of the molecule is CN(C(=O)[C@H](Cc1cc(F)cc(F)c1)NC(=O)N1CCN(C)S1(=O)=O)c1ccc2scnc2c1. The number of nitrogens with one attached hydrogen (secondary N) is 1. The first-order valence-electron chi connectivity index (χ1n) is 10.2. The van der Waals surface area contributed by atoms with Gasteiger partial charge in [-0.15, -0.1) is 11.3 Å². The zero-order valence-corrected chi connectivity index (χ0v) is 19.9. The highest BCUT2D eigenvalue weighted by atomic mass is 32.2. The largest absolute Gasteiger partial charge is 0.332 e. The molecule has 9 nitrogen and oxygen atoms in total. The van der Waals surface area contributed by atoms with Crippen molar-refractivity contribution in [2.45, 2.75) is 12.5 Å². The van der Waals surface area contributed by atoms with Gasteiger partial charge in [-0.1, -0.05) is 0 Å². The Morgan fingerprint density at radius 2 is 1.88 bits per heavy atom. The van der Waals surface area contributed by atoms with Crippen LogP contribution in [0.3, 0.4) is 0 Å². The molecule has 1 N–H and O–H groups in total. The standard InChI is InChI=1S/C21H21F2N5O4S2/c1-26-5-6-28(34(26,31)32)21(30)25-18(9-13-7-14(22)10-15(23)8-13)20(29)27(2)16-3-4-19-17(11-16)24-12-33-19/h3-4,7-8,10-12,18H,5-6,9H2,1-2H3,(H,25,30)/t18-/m0/s1. The fraction of sp³-hybridized carbons (Fsp3) is 0.286. The molecule has 1 saturated heterocycles. The molecule has 1 atom stereocenters. The number of amides is 3. The summed E-state index contributed by atoms with van der Waals surface area (Å²) >= 11 is 1.44. The van der Waals surface area contributed by atoms with Crippen LogP contribution < -0.4 is 10.2 Å². The van der Waals surface area contributed by atoms with Crippen molar-refractivity contribution in [1.29, 1.82) is 0 Å². The Hall–Kier alpha value is -3.16. The number of hydrogen-bond acceptors (Lipinski definition) is 6. The van der Waals surface area contributed by atoms with Gasteiger partial charge in [0.1, 0.15) is 17.7 Å². The van der Waals surface area contributed by atoms with Crippen LogP contribution in [0.4, 0.5) is 19.3 Å². The minimum absolute atomic E-state index is 0.0868. The summed E-state index contributed by atoms with van der Waals surface area (Å²) in [5.74, 6) is -2.27. The summed E-state index contributed by atoms with van der Waals surface area (Å²) in [5.41, 5.74) is 2.97. The Balaban J connectivity index is 1.63. The van der Waals surface area contributed by atoms with Crippen molar-refractivity contribution in [1.82, 2.24) is 18.9 Å². The van der Waals surface area contributed by atoms with E-state index in [1.807, 2.05) is 0 Å². The molecule has 0 saturated carbocycles. The molecule has 34 heavy (non-hydrogen) atoms. The molecule has 1 aromatic heterocycles. The number of urea groups is 1. The molecule has 3 amide bonds. The molecule has 180 valence electrons. The Morgan fingerprint density at radius 1 is 1.18 bits per heavy atom. The summed E-state index contributed by atoms with van der Waals surface area (Å²) in [7, 11) is -1.19. The second-order valence-corrected chi connectivity index (χ2v) is 10.6. The summed E-state index contributed by atoms with van der Waals surface area (Å²) in [4.78, 5) is 31.7. The molecule has 2 aromatic carbocycles. The van der Waals surface area contributed by atoms with Crippen molar-refractivity contribution >= 4 is 49.4 Å². The summed E-state index contributed by atoms with van der Waals surface area (Å²) in [5, 5.41) is 2.44. The third-order valence-corrected chi connectivity index (χ3v) is 8.19. The molecule has 1 fully saturated rings. The summed E-state index contributed by atoms with van der Waals surface area (Å²) in [6.45, 7) is 0.0214. The van der Waals surface area contributed by atoms with Crippen molar-refractivity contribution < 1.29 is 26.8 Å². The highest BCUT2D eigenvalue weighted by molar-refractivity contribution is 7.87. The molecule has 3 aromatic rings. The number of rotatable bonds is 5. The van der Waals surface area contributed by atoms with Crippen LogP contribution in [0.5, 0.6) is 0 Å². The quantitative estimate of drug-likeness (QED) is 0.569. The van der Waals surface area contributed by atoms with Crippen molar-refractivity contribution in [3.63, 3.8) is 0 Å². The van der Waals surface area contributed by atoms with E-state index in [1.165, 1.54) is 30.3 Å². The first-order chi connectivity index (χ1) is 16.1. The minimum Gasteiger partial charge on any atom is -0.325 e. The first kappa shape index (κ1) is 24.0. The maximum Gasteiger partial charge on any atom is 0.332 e. The summed E-state index contributed by atoms with van der Waals surface area (Å²) in [6.07, 6.45) is -0.258. The van der Waals surface area contributed by atoms with Crippen molar-refractivity contribution in [3.8, 4) is 0 Å². The second-order valence-electron chi connectivity index (χ2n) is 7.79. The molecular weight excluding hydrogens is 488 g/mol. The molecule has 4 rings (SSSR count). The number of carbonyl (C=O) groups is 2. The number of aromatic nitrogens is 1. The van der Waals surface area contributed by atoms with E-state index in [0.29, 0.717) is 21.6 Å². The number of thiazole rings is 1. The lowest BCUT2D eigenvalue weighted by Crippen LogP contribution is -2.53. The van der Waals surface area contributed by atoms with E-state index in [2.05, 4.69) is 10.3 Å². The van der Waals surface area contributed by atoms with Gasteiger partial charge in [0.2, 0.25) is 5.91 Å². The van der Waals surface area contributed by atoms with E-state index >= 15 is 0 Å². The van der Waals surface area contributed by atoms with Crippen LogP contribution in [0.1, 0.15) is 5.56 Å². The molecule has 0 unspecified atom stereocenters. The Bertz CT molecular complexity index is 1340. The molecular formula is C21H21F2N5O4S2. The number of hydrogen-bond donors (Lipinski definition) is 1. The van der Waals surface area contributed by atoms with E-state index in [4.69, 9.17) is 0 Å². The van der Waals surface area contributed by atoms with Crippen LogP contribution in [0.25, 0.3) is 10.2 Å². The van der Waals surface area contributed by atoms with Gasteiger partial charge < -0.3 is 10.2 Å². The minimum atomic E-state index is -4.01. The van der Waals surface area contributed by atoms with Gasteiger partial charge in [0, 0.05) is 38.8 Å². The van der Waals surface area contributed by atoms with Gasteiger partial charge in [-0.05, 0) is 35.9 Å². The van der Waals surface area contributed by atoms with Crippen LogP contribution in [-0.4, -0.2) is 67.2 Å². The molecule has 2 heterocycles. The predicted molar refractivity (Wildman–Crippen MR) is 124 cm³/mol. The number of benzene rings is 2. The topological polar surface area (TPSA) is 103 Å². The predicted octanol–water partition coefficient (Wildman–Crippen LogP) is 2.35. The van der Waals surface area contributed by atoms with Crippen molar-refractivity contribution in [3.05, 3.63) is 59.1 Å². The molecule has 1 aliphatic rings. The number of fused-ring (bicyclic) bond motifs is 1. The number of likely N-dealkylation sites (N-methyl/N-ethyl adjacent to an activating group) is 2. The molecule has 0 spiro atoms. The van der Waals surface area contributed by atoms with Gasteiger partial charge in [0.15, 0.2) is 0 Å². The maximum atomic E-state index is 13.8. The third-order valence-electron chi connectivity index (χ3n) is 5.51. The second kappa shape index (κ2) is 9.24. The van der Waals surface area contributed by atoms with Gasteiger partial charge >= 0.3 is 16.2 Å². The van der Waals surface area contributed by atoms with Crippen molar-refractivity contribution in [2.24, 2.45) is 0 Å². The lowest BCUT2D eigenvalue weighted by molar-refractivity contribution is -0.120. The van der Waals surface area contributed by atoms with Crippen LogP contribution >= 0.6 is 11.3 Å². The number of carbonyl (C=O) groups excluding carboxylic acids is 2. The van der Waals surface area contributed by atoms with E-state index in [9.17, 15) is 26.8 Å². The highest BCUT2D eigenvalue weighted by Gasteiger charge is 2.39. The van der Waals surface area contributed by atoms with Gasteiger partial charge in [0.05, 0.1) is 22.3 Å². The molecule has 13 heteroatoms. The molecule has 0 aliphatic carbocycles. The average Bonchev–Trinajstić information content (AvgIpc) is 3.34. The molecule has 0 bridgehead atoms. The number of anilines is 1. The Labute approximate surface area is 198 Å². The van der Waals surface area contributed by atoms with Crippen LogP contribution in [0, 0.1) is 11.6 Å². The summed E-state index contributed by atoms with van der Waals surface area (Å²) < 4.78 is 54.8. The third kappa shape index (κ3) is 4.72. The van der Waals surface area contributed by atoms with Gasteiger partial charge in [0.25, 0.3) is 0 Å². The van der Waals surface area contributed by atoms with Gasteiger partial charge in [-0.3, -0.25) is 4.79 Å². The molecule has 0 radical (unpaired) electrons. The number of halogens is 2. The lowest BCUT2D eigenvalue weighted by Gasteiger charge is -2.26. The zero-order chi connectivity index (χ0) is 24.6. The normalized spacial score (nSPS) is 16.5. The Morgan fingerprint density at radius 3 is 2.53 bits per heavy atom. The monoisotopic (exact) mass is 509 g/mol. The van der Waals surface area contributed by atoms with Crippen LogP contribution in [0.2, 0.25) is 0 Å². The van der Waals surface area contributed by atoms with E-state index in [-0.39, 0.29) is 25.1 Å². The highest BCUT2D eigenvalue weighted by Crippen LogP contribution is 2.24. The fourth-order valence-corrected chi connectivity index (χ4v) is 5.52. The van der Waals surface area contributed by atoms with Crippen LogP contribution in [0.15, 0.2) is 41.9 Å². The maximum absolute atomic E-state index is 13.8. The zero-order valence-electron chi connectivity index (χ0n) is 18.2. The van der Waals surface area contributed by atoms with Crippen molar-refractivity contribution in [2.75, 3.05) is 32.1 Å². The first-order valence-corrected chi connectivity index (χ1v) is 12.4. The average molecular weight is 510 g/mol. The fourth-order valence-electron chi connectivity index (χ4n) is 3.64. The van der Waals surface area contributed by atoms with E-state index in [0.717, 1.165) is 21.1 Å². The van der Waals surface area contributed by atoms with Gasteiger partial charge in [-0.25, -0.2) is 22.9 Å². The Kier molecular flexibility index (Phi) is 6.51. The van der Waals surface area contributed by atoms with E-state index in [1.54, 1.807) is 23.7 Å². The number of nitrogens with zero attached hydrogens (tertiary/aromatic N) is 4. The smallest absolute Gasteiger partial charge is 0.325 e. The lowest BCUT2D eigenvalue weighted by atomic mass is 10.0. The summed E-state index contributed by atoms with van der Waals surface area (Å²) in [6, 6.07) is 5.71. The van der Waals surface area contributed by atoms with Gasteiger partial charge in [-0.2, -0.15) is 12.7 Å². The molecule has 1 aliphatic heterocycles. The van der Waals surface area contributed by atoms with E-state index < -0.39 is 39.8 Å². The van der Waals surface area contributed by atoms with Crippen LogP contribution in [-0.2, 0) is 21.4 Å².